The molecule has 0 radical (unpaired) electrons. The number of hydrogen-bond acceptors (Lipinski definition) is 3. The van der Waals surface area contributed by atoms with Crippen molar-refractivity contribution in [1.82, 2.24) is 5.32 Å². The highest BCUT2D eigenvalue weighted by Gasteiger charge is 2.29. The molecule has 3 atom stereocenters. The second kappa shape index (κ2) is 9.08. The molecule has 0 bridgehead atoms. The van der Waals surface area contributed by atoms with E-state index in [2.05, 4.69) is 60.8 Å². The zero-order chi connectivity index (χ0) is 22.8. The number of carboxylic acid groups (broad SMARTS) is 1. The number of carbonyl (C=O) groups is 1. The van der Waals surface area contributed by atoms with Crippen molar-refractivity contribution in [2.75, 3.05) is 6.54 Å². The van der Waals surface area contributed by atoms with E-state index < -0.39 is 5.97 Å². The molecular weight excluding hydrogens is 410 g/mol. The van der Waals surface area contributed by atoms with Crippen LogP contribution >= 0.6 is 0 Å². The highest BCUT2D eigenvalue weighted by atomic mass is 16.5. The van der Waals surface area contributed by atoms with Gasteiger partial charge in [-0.25, -0.2) is 4.79 Å². The van der Waals surface area contributed by atoms with Crippen LogP contribution in [0.25, 0.3) is 10.8 Å². The van der Waals surface area contributed by atoms with Crippen LogP contribution in [0.1, 0.15) is 52.4 Å². The molecule has 4 nitrogen and oxygen atoms in total. The summed E-state index contributed by atoms with van der Waals surface area (Å²) < 4.78 is 6.36. The normalized spacial score (nSPS) is 18.3. The molecule has 0 fully saturated rings. The highest BCUT2D eigenvalue weighted by molar-refractivity contribution is 5.87. The molecule has 2 N–H and O–H groups in total. The van der Waals surface area contributed by atoms with Gasteiger partial charge in [-0.3, -0.25) is 0 Å². The number of nitrogens with one attached hydrogen (secondary N) is 1. The first-order chi connectivity index (χ1) is 16.1. The number of carboxylic acids is 1. The van der Waals surface area contributed by atoms with Crippen molar-refractivity contribution in [3.63, 3.8) is 0 Å². The van der Waals surface area contributed by atoms with Gasteiger partial charge in [0, 0.05) is 24.1 Å². The Bertz CT molecular complexity index is 1280. The van der Waals surface area contributed by atoms with Crippen LogP contribution in [0.5, 0.6) is 5.75 Å². The highest BCUT2D eigenvalue weighted by Crippen LogP contribution is 2.40. The molecule has 33 heavy (non-hydrogen) atoms. The zero-order valence-corrected chi connectivity index (χ0v) is 18.6. The molecule has 0 aromatic heterocycles. The van der Waals surface area contributed by atoms with E-state index in [4.69, 9.17) is 4.74 Å². The summed E-state index contributed by atoms with van der Waals surface area (Å²) in [6.45, 7) is 2.92. The average Bonchev–Trinajstić information content (AvgIpc) is 2.86. The molecule has 0 saturated heterocycles. The molecule has 0 aliphatic carbocycles. The second-order valence-corrected chi connectivity index (χ2v) is 8.69. The first kappa shape index (κ1) is 21.2. The van der Waals surface area contributed by atoms with Gasteiger partial charge in [-0.2, -0.15) is 0 Å². The quantitative estimate of drug-likeness (QED) is 0.379. The molecule has 1 aliphatic rings. The second-order valence-electron chi connectivity index (χ2n) is 8.69. The van der Waals surface area contributed by atoms with Crippen LogP contribution in [0.15, 0.2) is 91.0 Å². The first-order valence-corrected chi connectivity index (χ1v) is 11.4. The summed E-state index contributed by atoms with van der Waals surface area (Å²) in [5, 5.41) is 15.4. The molecule has 4 aromatic rings. The van der Waals surface area contributed by atoms with Gasteiger partial charge in [-0.05, 0) is 53.4 Å². The van der Waals surface area contributed by atoms with Gasteiger partial charge in [0.15, 0.2) is 0 Å². The molecule has 1 unspecified atom stereocenters. The third kappa shape index (κ3) is 4.35. The lowest BCUT2D eigenvalue weighted by Gasteiger charge is -2.33. The van der Waals surface area contributed by atoms with Crippen molar-refractivity contribution in [3.05, 3.63) is 113 Å². The molecule has 1 heterocycles. The fourth-order valence-corrected chi connectivity index (χ4v) is 4.84. The van der Waals surface area contributed by atoms with Crippen molar-refractivity contribution >= 4 is 16.7 Å². The topological polar surface area (TPSA) is 58.6 Å². The lowest BCUT2D eigenvalue weighted by atomic mass is 9.84. The van der Waals surface area contributed by atoms with E-state index in [0.717, 1.165) is 29.8 Å². The Labute approximate surface area is 193 Å². The zero-order valence-electron chi connectivity index (χ0n) is 18.6. The Balaban J connectivity index is 1.35. The summed E-state index contributed by atoms with van der Waals surface area (Å²) in [5.41, 5.74) is 3.85. The standard InChI is InChI=1S/C29H27NO3/c1-19(24-11-6-8-20-7-2-3-9-25(20)24)30-18-23-17-27(26-10-4-5-12-28(26)33-23)21-13-15-22(16-14-21)29(31)32/h2-16,19,23,27,30H,17-18H2,1H3,(H,31,32)/t19?,23-,27-/m1/s1. The summed E-state index contributed by atoms with van der Waals surface area (Å²) in [6.07, 6.45) is 0.847. The minimum absolute atomic E-state index is 0.0153. The molecule has 0 saturated carbocycles. The van der Waals surface area contributed by atoms with Gasteiger partial charge in [0.25, 0.3) is 0 Å². The number of rotatable bonds is 6. The Hall–Kier alpha value is -3.63. The molecule has 4 aromatic carbocycles. The Morgan fingerprint density at radius 3 is 2.52 bits per heavy atom. The Morgan fingerprint density at radius 2 is 1.70 bits per heavy atom. The molecular formula is C29H27NO3. The van der Waals surface area contributed by atoms with Gasteiger partial charge >= 0.3 is 5.97 Å². The minimum atomic E-state index is -0.904. The lowest BCUT2D eigenvalue weighted by molar-refractivity contribution is 0.0697. The predicted octanol–water partition coefficient (Wildman–Crippen LogP) is 6.17. The smallest absolute Gasteiger partial charge is 0.335 e. The number of aromatic carboxylic acids is 1. The van der Waals surface area contributed by atoms with Crippen LogP contribution in [0.2, 0.25) is 0 Å². The van der Waals surface area contributed by atoms with Gasteiger partial charge in [0.05, 0.1) is 5.56 Å². The van der Waals surface area contributed by atoms with Crippen LogP contribution in [0.4, 0.5) is 0 Å². The molecule has 1 aliphatic heterocycles. The summed E-state index contributed by atoms with van der Waals surface area (Å²) >= 11 is 0. The largest absolute Gasteiger partial charge is 0.489 e. The van der Waals surface area contributed by atoms with E-state index in [1.807, 2.05) is 30.3 Å². The molecule has 0 amide bonds. The fraction of sp³-hybridized carbons (Fsp3) is 0.207. The van der Waals surface area contributed by atoms with E-state index >= 15 is 0 Å². The summed E-state index contributed by atoms with van der Waals surface area (Å²) in [7, 11) is 0. The van der Waals surface area contributed by atoms with Gasteiger partial charge < -0.3 is 15.2 Å². The van der Waals surface area contributed by atoms with Crippen molar-refractivity contribution in [1.29, 1.82) is 0 Å². The minimum Gasteiger partial charge on any atom is -0.489 e. The van der Waals surface area contributed by atoms with E-state index in [0.29, 0.717) is 5.56 Å². The predicted molar refractivity (Wildman–Crippen MR) is 131 cm³/mol. The van der Waals surface area contributed by atoms with Crippen LogP contribution in [-0.2, 0) is 0 Å². The average molecular weight is 438 g/mol. The number of ether oxygens (including phenoxy) is 1. The van der Waals surface area contributed by atoms with Crippen LogP contribution < -0.4 is 10.1 Å². The van der Waals surface area contributed by atoms with Crippen molar-refractivity contribution in [2.24, 2.45) is 0 Å². The molecule has 4 heteroatoms. The fourth-order valence-electron chi connectivity index (χ4n) is 4.84. The van der Waals surface area contributed by atoms with E-state index in [-0.39, 0.29) is 18.1 Å². The van der Waals surface area contributed by atoms with E-state index in [1.165, 1.54) is 16.3 Å². The first-order valence-electron chi connectivity index (χ1n) is 11.4. The third-order valence-electron chi connectivity index (χ3n) is 6.59. The Kier molecular flexibility index (Phi) is 5.84. The van der Waals surface area contributed by atoms with Crippen LogP contribution in [-0.4, -0.2) is 23.7 Å². The van der Waals surface area contributed by atoms with E-state index in [1.54, 1.807) is 12.1 Å². The van der Waals surface area contributed by atoms with Gasteiger partial charge in [-0.1, -0.05) is 72.8 Å². The lowest BCUT2D eigenvalue weighted by Crippen LogP contribution is -2.37. The van der Waals surface area contributed by atoms with Gasteiger partial charge in [-0.15, -0.1) is 0 Å². The number of hydrogen-bond donors (Lipinski definition) is 2. The number of benzene rings is 4. The number of para-hydroxylation sites is 1. The van der Waals surface area contributed by atoms with Crippen molar-refractivity contribution < 1.29 is 14.6 Å². The summed E-state index contributed by atoms with van der Waals surface area (Å²) in [4.78, 5) is 11.3. The monoisotopic (exact) mass is 437 g/mol. The Morgan fingerprint density at radius 1 is 0.970 bits per heavy atom. The van der Waals surface area contributed by atoms with Crippen molar-refractivity contribution in [3.8, 4) is 5.75 Å². The van der Waals surface area contributed by atoms with E-state index in [9.17, 15) is 9.90 Å². The van der Waals surface area contributed by atoms with Gasteiger partial charge in [0.2, 0.25) is 0 Å². The summed E-state index contributed by atoms with van der Waals surface area (Å²) in [6, 6.07) is 30.5. The maximum atomic E-state index is 11.3. The molecule has 166 valence electrons. The molecule has 0 spiro atoms. The SMILES string of the molecule is CC(NC[C@H]1C[C@H](c2ccc(C(=O)O)cc2)c2ccccc2O1)c1cccc2ccccc12. The molecule has 5 rings (SSSR count). The van der Waals surface area contributed by atoms with Crippen molar-refractivity contribution in [2.45, 2.75) is 31.4 Å². The third-order valence-corrected chi connectivity index (χ3v) is 6.59. The number of fused-ring (bicyclic) bond motifs is 2. The maximum absolute atomic E-state index is 11.3. The van der Waals surface area contributed by atoms with Gasteiger partial charge in [0.1, 0.15) is 11.9 Å². The maximum Gasteiger partial charge on any atom is 0.335 e. The van der Waals surface area contributed by atoms with Crippen LogP contribution in [0.3, 0.4) is 0 Å². The van der Waals surface area contributed by atoms with Crippen LogP contribution in [0, 0.1) is 0 Å². The summed E-state index contributed by atoms with van der Waals surface area (Å²) in [5.74, 6) is 0.163.